The van der Waals surface area contributed by atoms with Gasteiger partial charge in [0, 0.05) is 6.04 Å². The minimum atomic E-state index is 0.398. The summed E-state index contributed by atoms with van der Waals surface area (Å²) in [4.78, 5) is 0. The lowest BCUT2D eigenvalue weighted by Gasteiger charge is -2.36. The molecule has 18 heavy (non-hydrogen) atoms. The molecule has 0 radical (unpaired) electrons. The third kappa shape index (κ3) is 3.17. The van der Waals surface area contributed by atoms with Gasteiger partial charge in [0.1, 0.15) is 0 Å². The monoisotopic (exact) mass is 262 g/mol. The fourth-order valence-corrected chi connectivity index (χ4v) is 2.92. The summed E-state index contributed by atoms with van der Waals surface area (Å²) in [5.74, 6) is 0. The molecule has 1 saturated carbocycles. The molecule has 1 aliphatic carbocycles. The van der Waals surface area contributed by atoms with Gasteiger partial charge in [0.15, 0.2) is 0 Å². The smallest absolute Gasteiger partial charge is 0.0992 e. The van der Waals surface area contributed by atoms with Gasteiger partial charge in [-0.2, -0.15) is 5.26 Å². The van der Waals surface area contributed by atoms with E-state index in [0.29, 0.717) is 22.0 Å². The molecule has 3 heteroatoms. The second kappa shape index (κ2) is 5.20. The maximum absolute atomic E-state index is 8.92. The normalized spacial score (nSPS) is 22.2. The summed E-state index contributed by atoms with van der Waals surface area (Å²) >= 11 is 6.17. The number of anilines is 1. The van der Waals surface area contributed by atoms with Gasteiger partial charge in [-0.05, 0) is 42.9 Å². The van der Waals surface area contributed by atoms with Crippen molar-refractivity contribution in [3.63, 3.8) is 0 Å². The second-order valence-corrected chi connectivity index (χ2v) is 6.32. The zero-order valence-electron chi connectivity index (χ0n) is 11.0. The fraction of sp³-hybridized carbons (Fsp3) is 0.533. The van der Waals surface area contributed by atoms with Crippen molar-refractivity contribution >= 4 is 17.3 Å². The van der Waals surface area contributed by atoms with Crippen LogP contribution in [0.3, 0.4) is 0 Å². The first-order chi connectivity index (χ1) is 8.50. The molecule has 0 heterocycles. The number of rotatable bonds is 2. The van der Waals surface area contributed by atoms with Crippen LogP contribution in [0.4, 0.5) is 5.69 Å². The first-order valence-corrected chi connectivity index (χ1v) is 6.84. The van der Waals surface area contributed by atoms with Crippen LogP contribution in [0.1, 0.15) is 45.1 Å². The van der Waals surface area contributed by atoms with Crippen molar-refractivity contribution in [2.45, 2.75) is 45.6 Å². The van der Waals surface area contributed by atoms with Gasteiger partial charge in [-0.1, -0.05) is 31.9 Å². The van der Waals surface area contributed by atoms with Crippen LogP contribution in [0.25, 0.3) is 0 Å². The topological polar surface area (TPSA) is 35.8 Å². The fourth-order valence-electron chi connectivity index (χ4n) is 2.75. The van der Waals surface area contributed by atoms with Crippen LogP contribution < -0.4 is 5.32 Å². The number of nitrogens with one attached hydrogen (secondary N) is 1. The summed E-state index contributed by atoms with van der Waals surface area (Å²) in [6, 6.07) is 7.98. The number of hydrogen-bond donors (Lipinski definition) is 1. The Morgan fingerprint density at radius 2 is 2.22 bits per heavy atom. The van der Waals surface area contributed by atoms with Gasteiger partial charge in [0.25, 0.3) is 0 Å². The van der Waals surface area contributed by atoms with E-state index in [1.807, 2.05) is 6.07 Å². The van der Waals surface area contributed by atoms with E-state index in [0.717, 1.165) is 12.1 Å². The summed E-state index contributed by atoms with van der Waals surface area (Å²) in [5.41, 5.74) is 1.94. The Morgan fingerprint density at radius 1 is 1.44 bits per heavy atom. The van der Waals surface area contributed by atoms with Crippen molar-refractivity contribution in [3.8, 4) is 6.07 Å². The van der Waals surface area contributed by atoms with Crippen molar-refractivity contribution in [3.05, 3.63) is 28.8 Å². The van der Waals surface area contributed by atoms with Crippen molar-refractivity contribution in [1.29, 1.82) is 5.26 Å². The molecule has 0 aromatic heterocycles. The van der Waals surface area contributed by atoms with Crippen LogP contribution in [-0.2, 0) is 0 Å². The van der Waals surface area contributed by atoms with Crippen molar-refractivity contribution in [2.75, 3.05) is 5.32 Å². The Balaban J connectivity index is 2.12. The zero-order chi connectivity index (χ0) is 13.2. The van der Waals surface area contributed by atoms with Crippen LogP contribution in [-0.4, -0.2) is 6.04 Å². The lowest BCUT2D eigenvalue weighted by molar-refractivity contribution is 0.229. The number of nitrogens with zero attached hydrogens (tertiary/aromatic N) is 1. The molecule has 1 atom stereocenters. The van der Waals surface area contributed by atoms with E-state index in [4.69, 9.17) is 16.9 Å². The molecular formula is C15H19ClN2. The summed E-state index contributed by atoms with van der Waals surface area (Å²) in [5, 5.41) is 13.1. The Bertz CT molecular complexity index is 474. The van der Waals surface area contributed by atoms with Gasteiger partial charge >= 0.3 is 0 Å². The minimum absolute atomic E-state index is 0.398. The first kappa shape index (κ1) is 13.2. The standard InChI is InChI=1S/C15H19ClN2/c1-15(2)7-3-4-12(9-15)18-14-8-11(10-17)5-6-13(14)16/h5-6,8,12,18H,3-4,7,9H2,1-2H3. The molecule has 2 rings (SSSR count). The molecular weight excluding hydrogens is 244 g/mol. The highest BCUT2D eigenvalue weighted by Gasteiger charge is 2.28. The number of hydrogen-bond acceptors (Lipinski definition) is 2. The summed E-state index contributed by atoms with van der Waals surface area (Å²) in [6.45, 7) is 4.63. The van der Waals surface area contributed by atoms with Crippen molar-refractivity contribution in [1.82, 2.24) is 0 Å². The van der Waals surface area contributed by atoms with Gasteiger partial charge in [-0.15, -0.1) is 0 Å². The van der Waals surface area contributed by atoms with Gasteiger partial charge in [-0.3, -0.25) is 0 Å². The highest BCUT2D eigenvalue weighted by atomic mass is 35.5. The molecule has 0 aliphatic heterocycles. The zero-order valence-corrected chi connectivity index (χ0v) is 11.7. The Labute approximate surface area is 114 Å². The molecule has 0 spiro atoms. The van der Waals surface area contributed by atoms with Gasteiger partial charge < -0.3 is 5.32 Å². The van der Waals surface area contributed by atoms with Gasteiger partial charge in [0.2, 0.25) is 0 Å². The molecule has 0 saturated heterocycles. The van der Waals surface area contributed by atoms with Crippen molar-refractivity contribution in [2.24, 2.45) is 5.41 Å². The van der Waals surface area contributed by atoms with Crippen LogP contribution >= 0.6 is 11.6 Å². The first-order valence-electron chi connectivity index (χ1n) is 6.46. The second-order valence-electron chi connectivity index (χ2n) is 5.91. The average Bonchev–Trinajstić information content (AvgIpc) is 2.31. The van der Waals surface area contributed by atoms with E-state index >= 15 is 0 Å². The molecule has 0 bridgehead atoms. The molecule has 0 amide bonds. The van der Waals surface area contributed by atoms with Crippen LogP contribution in [0.2, 0.25) is 5.02 Å². The van der Waals surface area contributed by atoms with E-state index in [2.05, 4.69) is 25.2 Å². The van der Waals surface area contributed by atoms with Gasteiger partial charge in [-0.25, -0.2) is 0 Å². The minimum Gasteiger partial charge on any atom is -0.381 e. The summed E-state index contributed by atoms with van der Waals surface area (Å²) in [7, 11) is 0. The predicted octanol–water partition coefficient (Wildman–Crippen LogP) is 4.59. The third-order valence-electron chi connectivity index (χ3n) is 3.66. The lowest BCUT2D eigenvalue weighted by Crippen LogP contribution is -2.31. The summed E-state index contributed by atoms with van der Waals surface area (Å²) < 4.78 is 0. The SMILES string of the molecule is CC1(C)CCCC(Nc2cc(C#N)ccc2Cl)C1. The van der Waals surface area contributed by atoms with E-state index in [1.165, 1.54) is 19.3 Å². The molecule has 96 valence electrons. The Morgan fingerprint density at radius 3 is 2.89 bits per heavy atom. The van der Waals surface area contributed by atoms with Crippen LogP contribution in [0.15, 0.2) is 18.2 Å². The van der Waals surface area contributed by atoms with E-state index in [9.17, 15) is 0 Å². The maximum Gasteiger partial charge on any atom is 0.0992 e. The molecule has 2 nitrogen and oxygen atoms in total. The number of benzene rings is 1. The average molecular weight is 263 g/mol. The van der Waals surface area contributed by atoms with E-state index in [1.54, 1.807) is 12.1 Å². The Kier molecular flexibility index (Phi) is 3.82. The highest BCUT2D eigenvalue weighted by molar-refractivity contribution is 6.33. The molecule has 1 aliphatic rings. The van der Waals surface area contributed by atoms with Crippen LogP contribution in [0.5, 0.6) is 0 Å². The molecule has 1 unspecified atom stereocenters. The molecule has 1 N–H and O–H groups in total. The molecule has 1 aromatic rings. The molecule has 1 aromatic carbocycles. The Hall–Kier alpha value is -1.20. The summed E-state index contributed by atoms with van der Waals surface area (Å²) in [6.07, 6.45) is 4.87. The lowest BCUT2D eigenvalue weighted by atomic mass is 9.75. The number of nitriles is 1. The largest absolute Gasteiger partial charge is 0.381 e. The van der Waals surface area contributed by atoms with E-state index in [-0.39, 0.29) is 0 Å². The predicted molar refractivity (Wildman–Crippen MR) is 75.8 cm³/mol. The van der Waals surface area contributed by atoms with E-state index < -0.39 is 0 Å². The van der Waals surface area contributed by atoms with Crippen LogP contribution in [0, 0.1) is 16.7 Å². The number of halogens is 1. The molecule has 1 fully saturated rings. The third-order valence-corrected chi connectivity index (χ3v) is 3.99. The maximum atomic E-state index is 8.92. The quantitative estimate of drug-likeness (QED) is 0.846. The highest BCUT2D eigenvalue weighted by Crippen LogP contribution is 2.37. The van der Waals surface area contributed by atoms with Gasteiger partial charge in [0.05, 0.1) is 22.3 Å². The van der Waals surface area contributed by atoms with Crippen molar-refractivity contribution < 1.29 is 0 Å².